The number of carbonyl (C=O) groups excluding carboxylic acids is 2. The second-order valence-electron chi connectivity index (χ2n) is 4.63. The van der Waals surface area contributed by atoms with Gasteiger partial charge < -0.3 is 5.32 Å². The summed E-state index contributed by atoms with van der Waals surface area (Å²) in [6.07, 6.45) is 0. The molecule has 0 heterocycles. The molecule has 19 heavy (non-hydrogen) atoms. The minimum atomic E-state index is -0.418. The zero-order valence-corrected chi connectivity index (χ0v) is 12.1. The van der Waals surface area contributed by atoms with Crippen LogP contribution in [0.3, 0.4) is 0 Å². The van der Waals surface area contributed by atoms with Gasteiger partial charge in [0, 0.05) is 12.3 Å². The van der Waals surface area contributed by atoms with Gasteiger partial charge in [-0.2, -0.15) is 0 Å². The Morgan fingerprint density at radius 2 is 1.89 bits per heavy atom. The van der Waals surface area contributed by atoms with Gasteiger partial charge in [-0.3, -0.25) is 10.1 Å². The minimum absolute atomic E-state index is 0.262. The molecule has 0 atom stereocenters. The molecule has 0 fully saturated rings. The topological polar surface area (TPSA) is 58.2 Å². The van der Waals surface area contributed by atoms with Crippen LogP contribution < -0.4 is 10.6 Å². The summed E-state index contributed by atoms with van der Waals surface area (Å²) in [5, 5.41) is 4.95. The molecular formula is C14H20N2O2S. The van der Waals surface area contributed by atoms with Gasteiger partial charge in [-0.05, 0) is 11.5 Å². The van der Waals surface area contributed by atoms with Crippen molar-refractivity contribution < 1.29 is 9.59 Å². The summed E-state index contributed by atoms with van der Waals surface area (Å²) in [4.78, 5) is 22.8. The van der Waals surface area contributed by atoms with Gasteiger partial charge in [0.15, 0.2) is 0 Å². The third-order valence-electron chi connectivity index (χ3n) is 2.27. The van der Waals surface area contributed by atoms with Gasteiger partial charge in [0.05, 0.1) is 5.75 Å². The van der Waals surface area contributed by atoms with E-state index in [9.17, 15) is 9.59 Å². The molecular weight excluding hydrogens is 260 g/mol. The van der Waals surface area contributed by atoms with Crippen molar-refractivity contribution in [3.05, 3.63) is 35.9 Å². The van der Waals surface area contributed by atoms with E-state index >= 15 is 0 Å². The zero-order chi connectivity index (χ0) is 14.1. The number of nitrogens with one attached hydrogen (secondary N) is 2. The van der Waals surface area contributed by atoms with Crippen LogP contribution in [0.5, 0.6) is 0 Å². The molecule has 0 aliphatic rings. The number of amides is 3. The summed E-state index contributed by atoms with van der Waals surface area (Å²) >= 11 is 1.49. The first-order chi connectivity index (χ1) is 9.08. The molecule has 3 amide bonds. The van der Waals surface area contributed by atoms with Crippen LogP contribution in [0.4, 0.5) is 4.79 Å². The second-order valence-corrected chi connectivity index (χ2v) is 5.62. The standard InChI is InChI=1S/C14H20N2O2S/c1-11(2)8-15-14(18)16-13(17)10-19-9-12-6-4-3-5-7-12/h3-7,11H,8-10H2,1-2H3,(H2,15,16,17,18). The van der Waals surface area contributed by atoms with Gasteiger partial charge >= 0.3 is 6.03 Å². The largest absolute Gasteiger partial charge is 0.338 e. The Balaban J connectivity index is 2.16. The summed E-state index contributed by atoms with van der Waals surface area (Å²) < 4.78 is 0. The van der Waals surface area contributed by atoms with E-state index in [4.69, 9.17) is 0 Å². The lowest BCUT2D eigenvalue weighted by atomic mass is 10.2. The van der Waals surface area contributed by atoms with E-state index in [1.165, 1.54) is 17.3 Å². The molecule has 5 heteroatoms. The van der Waals surface area contributed by atoms with Crippen LogP contribution in [0, 0.1) is 5.92 Å². The molecule has 4 nitrogen and oxygen atoms in total. The van der Waals surface area contributed by atoms with E-state index in [0.717, 1.165) is 5.75 Å². The average molecular weight is 280 g/mol. The molecule has 0 radical (unpaired) electrons. The van der Waals surface area contributed by atoms with Crippen molar-refractivity contribution in [1.82, 2.24) is 10.6 Å². The Morgan fingerprint density at radius 3 is 2.53 bits per heavy atom. The highest BCUT2D eigenvalue weighted by atomic mass is 32.2. The molecule has 0 unspecified atom stereocenters. The smallest absolute Gasteiger partial charge is 0.321 e. The molecule has 104 valence electrons. The lowest BCUT2D eigenvalue weighted by Gasteiger charge is -2.08. The van der Waals surface area contributed by atoms with Crippen LogP contribution in [0.15, 0.2) is 30.3 Å². The molecule has 1 aromatic carbocycles. The molecule has 0 bridgehead atoms. The summed E-state index contributed by atoms with van der Waals surface area (Å²) in [6.45, 7) is 4.56. The third-order valence-corrected chi connectivity index (χ3v) is 3.27. The highest BCUT2D eigenvalue weighted by Crippen LogP contribution is 2.10. The van der Waals surface area contributed by atoms with Gasteiger partial charge in [0.25, 0.3) is 0 Å². The van der Waals surface area contributed by atoms with Gasteiger partial charge in [-0.15, -0.1) is 11.8 Å². The monoisotopic (exact) mass is 280 g/mol. The van der Waals surface area contributed by atoms with Crippen LogP contribution in [-0.2, 0) is 10.5 Å². The Morgan fingerprint density at radius 1 is 1.21 bits per heavy atom. The summed E-state index contributed by atoms with van der Waals surface area (Å²) in [5.74, 6) is 1.15. The Labute approximate surface area is 118 Å². The van der Waals surface area contributed by atoms with Gasteiger partial charge in [0.2, 0.25) is 5.91 Å². The number of hydrogen-bond donors (Lipinski definition) is 2. The number of carbonyl (C=O) groups is 2. The highest BCUT2D eigenvalue weighted by Gasteiger charge is 2.07. The van der Waals surface area contributed by atoms with Crippen LogP contribution in [0.25, 0.3) is 0 Å². The fraction of sp³-hybridized carbons (Fsp3) is 0.429. The number of urea groups is 1. The van der Waals surface area contributed by atoms with Crippen LogP contribution >= 0.6 is 11.8 Å². The third kappa shape index (κ3) is 7.51. The van der Waals surface area contributed by atoms with Crippen molar-refractivity contribution in [2.75, 3.05) is 12.3 Å². The number of benzene rings is 1. The first-order valence-electron chi connectivity index (χ1n) is 6.27. The maximum Gasteiger partial charge on any atom is 0.321 e. The second kappa shape index (κ2) is 8.58. The number of rotatable bonds is 6. The lowest BCUT2D eigenvalue weighted by Crippen LogP contribution is -2.41. The van der Waals surface area contributed by atoms with Crippen molar-refractivity contribution in [2.24, 2.45) is 5.92 Å². The SMILES string of the molecule is CC(C)CNC(=O)NC(=O)CSCc1ccccc1. The van der Waals surface area contributed by atoms with Crippen molar-refractivity contribution in [3.63, 3.8) is 0 Å². The number of hydrogen-bond acceptors (Lipinski definition) is 3. The van der Waals surface area contributed by atoms with Gasteiger partial charge in [-0.1, -0.05) is 44.2 Å². The van der Waals surface area contributed by atoms with E-state index in [2.05, 4.69) is 10.6 Å². The average Bonchev–Trinajstić information content (AvgIpc) is 2.37. The van der Waals surface area contributed by atoms with Crippen molar-refractivity contribution in [3.8, 4) is 0 Å². The predicted octanol–water partition coefficient (Wildman–Crippen LogP) is 2.40. The summed E-state index contributed by atoms with van der Waals surface area (Å²) in [5.41, 5.74) is 1.17. The molecule has 0 saturated carbocycles. The first-order valence-corrected chi connectivity index (χ1v) is 7.42. The fourth-order valence-corrected chi connectivity index (χ4v) is 2.13. The molecule has 0 aliphatic carbocycles. The lowest BCUT2D eigenvalue weighted by molar-refractivity contribution is -0.117. The van der Waals surface area contributed by atoms with Crippen LogP contribution in [0.1, 0.15) is 19.4 Å². The minimum Gasteiger partial charge on any atom is -0.338 e. The quantitative estimate of drug-likeness (QED) is 0.841. The van der Waals surface area contributed by atoms with E-state index in [-0.39, 0.29) is 11.7 Å². The predicted molar refractivity (Wildman–Crippen MR) is 79.0 cm³/mol. The Kier molecular flexibility index (Phi) is 7.03. The normalized spacial score (nSPS) is 10.3. The van der Waals surface area contributed by atoms with E-state index in [1.54, 1.807) is 0 Å². The van der Waals surface area contributed by atoms with Crippen molar-refractivity contribution in [1.29, 1.82) is 0 Å². The molecule has 0 spiro atoms. The zero-order valence-electron chi connectivity index (χ0n) is 11.3. The van der Waals surface area contributed by atoms with E-state index < -0.39 is 6.03 Å². The molecule has 1 aromatic rings. The maximum absolute atomic E-state index is 11.5. The highest BCUT2D eigenvalue weighted by molar-refractivity contribution is 7.99. The van der Waals surface area contributed by atoms with E-state index in [0.29, 0.717) is 12.5 Å². The molecule has 0 aromatic heterocycles. The Bertz CT molecular complexity index is 407. The first kappa shape index (κ1) is 15.6. The molecule has 0 saturated heterocycles. The van der Waals surface area contributed by atoms with E-state index in [1.807, 2.05) is 44.2 Å². The van der Waals surface area contributed by atoms with Crippen LogP contribution in [0.2, 0.25) is 0 Å². The summed E-state index contributed by atoms with van der Waals surface area (Å²) in [7, 11) is 0. The van der Waals surface area contributed by atoms with Gasteiger partial charge in [0.1, 0.15) is 0 Å². The molecule has 1 rings (SSSR count). The number of thioether (sulfide) groups is 1. The Hall–Kier alpha value is -1.49. The van der Waals surface area contributed by atoms with Crippen molar-refractivity contribution >= 4 is 23.7 Å². The fourth-order valence-electron chi connectivity index (χ4n) is 1.34. The molecule has 2 N–H and O–H groups in total. The van der Waals surface area contributed by atoms with Crippen LogP contribution in [-0.4, -0.2) is 24.2 Å². The van der Waals surface area contributed by atoms with Crippen molar-refractivity contribution in [2.45, 2.75) is 19.6 Å². The molecule has 0 aliphatic heterocycles. The van der Waals surface area contributed by atoms with Gasteiger partial charge in [-0.25, -0.2) is 4.79 Å². The summed E-state index contributed by atoms with van der Waals surface area (Å²) in [6, 6.07) is 9.50. The maximum atomic E-state index is 11.5. The number of imide groups is 1.